The molecule has 0 fully saturated rings. The van der Waals surface area contributed by atoms with Gasteiger partial charge in [-0.15, -0.1) is 0 Å². The average Bonchev–Trinajstić information content (AvgIpc) is 3.56. The second-order valence-corrected chi connectivity index (χ2v) is 13.6. The summed E-state index contributed by atoms with van der Waals surface area (Å²) >= 11 is 12.3. The third kappa shape index (κ3) is 6.98. The van der Waals surface area contributed by atoms with Crippen molar-refractivity contribution in [1.82, 2.24) is 4.31 Å². The Kier molecular flexibility index (Phi) is 9.88. The number of benzene rings is 3. The first-order chi connectivity index (χ1) is 21.9. The van der Waals surface area contributed by atoms with Crippen LogP contribution in [-0.2, 0) is 37.4 Å². The first-order valence-electron chi connectivity index (χ1n) is 14.5. The smallest absolute Gasteiger partial charge is 0.340 e. The number of amides is 1. The lowest BCUT2D eigenvalue weighted by molar-refractivity contribution is -0.138. The summed E-state index contributed by atoms with van der Waals surface area (Å²) in [6.07, 6.45) is 1.48. The van der Waals surface area contributed by atoms with Gasteiger partial charge in [-0.05, 0) is 87.9 Å². The molecule has 1 amide bonds. The topological polar surface area (TPSA) is 97.1 Å². The number of nitrogens with zero attached hydrogens (tertiary/aromatic N) is 2. The van der Waals surface area contributed by atoms with Crippen molar-refractivity contribution in [2.24, 2.45) is 0 Å². The van der Waals surface area contributed by atoms with E-state index in [0.29, 0.717) is 32.8 Å². The van der Waals surface area contributed by atoms with Gasteiger partial charge in [0.05, 0.1) is 39.2 Å². The van der Waals surface area contributed by atoms with E-state index in [9.17, 15) is 18.0 Å². The maximum atomic E-state index is 13.8. The van der Waals surface area contributed by atoms with E-state index in [1.807, 2.05) is 38.1 Å². The Morgan fingerprint density at radius 1 is 0.891 bits per heavy atom. The van der Waals surface area contributed by atoms with Crippen LogP contribution in [0.2, 0.25) is 10.0 Å². The van der Waals surface area contributed by atoms with E-state index in [1.165, 1.54) is 15.3 Å². The summed E-state index contributed by atoms with van der Waals surface area (Å²) in [6, 6.07) is 22.2. The highest BCUT2D eigenvalue weighted by Crippen LogP contribution is 2.36. The quantitative estimate of drug-likeness (QED) is 0.125. The van der Waals surface area contributed by atoms with Gasteiger partial charge in [-0.3, -0.25) is 9.69 Å². The van der Waals surface area contributed by atoms with Crippen LogP contribution in [0, 0.1) is 13.8 Å². The number of rotatable bonds is 10. The zero-order chi connectivity index (χ0) is 33.2. The third-order valence-corrected chi connectivity index (χ3v) is 10.0. The molecule has 5 rings (SSSR count). The second-order valence-electron chi connectivity index (χ2n) is 10.9. The molecule has 3 aromatic carbocycles. The summed E-state index contributed by atoms with van der Waals surface area (Å²) < 4.78 is 40.3. The molecule has 1 aliphatic heterocycles. The van der Waals surface area contributed by atoms with Crippen LogP contribution in [0.25, 0.3) is 6.08 Å². The van der Waals surface area contributed by atoms with Gasteiger partial charge in [0.25, 0.3) is 5.91 Å². The van der Waals surface area contributed by atoms with Crippen molar-refractivity contribution < 1.29 is 27.2 Å². The van der Waals surface area contributed by atoms with Gasteiger partial charge >= 0.3 is 5.97 Å². The zero-order valence-corrected chi connectivity index (χ0v) is 28.0. The van der Waals surface area contributed by atoms with Crippen molar-refractivity contribution in [3.8, 4) is 0 Å². The van der Waals surface area contributed by atoms with Crippen LogP contribution in [0.3, 0.4) is 0 Å². The molecule has 46 heavy (non-hydrogen) atoms. The molecule has 0 aliphatic carbocycles. The molecule has 0 spiro atoms. The Balaban J connectivity index is 1.49. The average molecular weight is 680 g/mol. The Bertz CT molecular complexity index is 1960. The lowest BCUT2D eigenvalue weighted by Crippen LogP contribution is -2.30. The fourth-order valence-corrected chi connectivity index (χ4v) is 6.80. The minimum Gasteiger partial charge on any atom is -0.462 e. The number of carbonyl (C=O) groups excluding carboxylic acids is 2. The number of ether oxygens (including phenoxy) is 1. The summed E-state index contributed by atoms with van der Waals surface area (Å²) in [5.74, 6) is -0.453. The number of hydrogen-bond donors (Lipinski definition) is 0. The molecule has 4 aromatic rings. The van der Waals surface area contributed by atoms with Gasteiger partial charge in [-0.1, -0.05) is 64.7 Å². The van der Waals surface area contributed by atoms with Crippen LogP contribution >= 0.6 is 23.2 Å². The molecule has 8 nitrogen and oxygen atoms in total. The van der Waals surface area contributed by atoms with Crippen LogP contribution in [0.1, 0.15) is 42.1 Å². The molecular weight excluding hydrogens is 647 g/mol. The minimum absolute atomic E-state index is 0.0108. The zero-order valence-electron chi connectivity index (χ0n) is 25.7. The maximum Gasteiger partial charge on any atom is 0.340 e. The van der Waals surface area contributed by atoms with Crippen molar-refractivity contribution >= 4 is 56.9 Å². The van der Waals surface area contributed by atoms with Crippen LogP contribution in [0.4, 0.5) is 5.69 Å². The highest BCUT2D eigenvalue weighted by atomic mass is 35.5. The molecule has 1 aliphatic rings. The normalized spacial score (nSPS) is 14.5. The first-order valence-corrected chi connectivity index (χ1v) is 16.7. The molecule has 0 unspecified atom stereocenters. The summed E-state index contributed by atoms with van der Waals surface area (Å²) in [7, 11) is -3.98. The lowest BCUT2D eigenvalue weighted by atomic mass is 10.1. The molecule has 0 bridgehead atoms. The van der Waals surface area contributed by atoms with Gasteiger partial charge in [0, 0.05) is 17.9 Å². The molecular formula is C35H32Cl2N2O6S. The maximum absolute atomic E-state index is 13.8. The predicted octanol–water partition coefficient (Wildman–Crippen LogP) is 7.86. The van der Waals surface area contributed by atoms with Crippen molar-refractivity contribution in [2.45, 2.75) is 45.7 Å². The first kappa shape index (κ1) is 33.2. The molecule has 2 heterocycles. The number of esters is 1. The van der Waals surface area contributed by atoms with E-state index in [0.717, 1.165) is 11.1 Å². The molecule has 0 saturated heterocycles. The minimum atomic E-state index is -3.98. The van der Waals surface area contributed by atoms with Gasteiger partial charge in [-0.2, -0.15) is 4.31 Å². The SMILES string of the molecule is CCOC(=O)C1=C(C)N(c2ccc(C)cc2)C(=O)/C1=C/c1ccc(CN(Cc2ccc(Cl)c(Cl)c2)S(=O)(=O)c2ccc(C)cc2)o1. The molecule has 11 heteroatoms. The molecule has 0 N–H and O–H groups in total. The summed E-state index contributed by atoms with van der Waals surface area (Å²) in [4.78, 5) is 28.4. The summed E-state index contributed by atoms with van der Waals surface area (Å²) in [6.45, 7) is 7.21. The van der Waals surface area contributed by atoms with Gasteiger partial charge in [0.1, 0.15) is 11.5 Å². The number of sulfonamides is 1. The number of hydrogen-bond acceptors (Lipinski definition) is 6. The Morgan fingerprint density at radius 2 is 1.54 bits per heavy atom. The van der Waals surface area contributed by atoms with Gasteiger partial charge < -0.3 is 9.15 Å². The molecule has 238 valence electrons. The summed E-state index contributed by atoms with van der Waals surface area (Å²) in [5, 5.41) is 0.663. The molecule has 0 atom stereocenters. The Morgan fingerprint density at radius 3 is 2.17 bits per heavy atom. The summed E-state index contributed by atoms with van der Waals surface area (Å²) in [5.41, 5.74) is 3.86. The highest BCUT2D eigenvalue weighted by molar-refractivity contribution is 7.89. The number of allylic oxidation sites excluding steroid dienone is 1. The van der Waals surface area contributed by atoms with Crippen molar-refractivity contribution in [3.05, 3.63) is 134 Å². The number of furan rings is 1. The fourth-order valence-electron chi connectivity index (χ4n) is 5.09. The number of carbonyl (C=O) groups is 2. The van der Waals surface area contributed by atoms with E-state index in [-0.39, 0.29) is 41.5 Å². The van der Waals surface area contributed by atoms with E-state index in [2.05, 4.69) is 0 Å². The van der Waals surface area contributed by atoms with E-state index in [1.54, 1.807) is 68.4 Å². The number of aryl methyl sites for hydroxylation is 2. The van der Waals surface area contributed by atoms with Crippen LogP contribution in [-0.4, -0.2) is 31.2 Å². The number of anilines is 1. The molecule has 0 saturated carbocycles. The van der Waals surface area contributed by atoms with E-state index >= 15 is 0 Å². The van der Waals surface area contributed by atoms with E-state index in [4.69, 9.17) is 32.4 Å². The largest absolute Gasteiger partial charge is 0.462 e. The van der Waals surface area contributed by atoms with Gasteiger partial charge in [0.15, 0.2) is 0 Å². The second kappa shape index (κ2) is 13.7. The predicted molar refractivity (Wildman–Crippen MR) is 179 cm³/mol. The third-order valence-electron chi connectivity index (χ3n) is 7.47. The lowest BCUT2D eigenvalue weighted by Gasteiger charge is -2.22. The van der Waals surface area contributed by atoms with Crippen LogP contribution in [0.15, 0.2) is 105 Å². The van der Waals surface area contributed by atoms with Crippen LogP contribution in [0.5, 0.6) is 0 Å². The van der Waals surface area contributed by atoms with Crippen molar-refractivity contribution in [2.75, 3.05) is 11.5 Å². The monoisotopic (exact) mass is 678 g/mol. The van der Waals surface area contributed by atoms with Crippen molar-refractivity contribution in [1.29, 1.82) is 0 Å². The van der Waals surface area contributed by atoms with Crippen LogP contribution < -0.4 is 4.90 Å². The van der Waals surface area contributed by atoms with Gasteiger partial charge in [0.2, 0.25) is 10.0 Å². The molecule has 0 radical (unpaired) electrons. The number of halogens is 2. The Hall–Kier alpha value is -4.15. The standard InChI is InChI=1S/C35H32Cl2N2O6S/c1-5-44-35(41)33-24(4)39(26-11-6-22(2)7-12-26)34(40)30(33)19-27-13-14-28(45-27)21-38(20-25-10-17-31(36)32(37)18-25)46(42,43)29-15-8-23(3)9-16-29/h6-19H,5,20-21H2,1-4H3/b30-19+. The Labute approximate surface area is 278 Å². The highest BCUT2D eigenvalue weighted by Gasteiger charge is 2.38. The van der Waals surface area contributed by atoms with Gasteiger partial charge in [-0.25, -0.2) is 13.2 Å². The molecule has 1 aromatic heterocycles. The van der Waals surface area contributed by atoms with Crippen molar-refractivity contribution in [3.63, 3.8) is 0 Å². The fraction of sp³-hybridized carbons (Fsp3) is 0.200. The van der Waals surface area contributed by atoms with E-state index < -0.39 is 21.9 Å².